The summed E-state index contributed by atoms with van der Waals surface area (Å²) in [5, 5.41) is 15.5. The zero-order valence-corrected chi connectivity index (χ0v) is 45.5. The molecule has 0 aromatic carbocycles. The molecule has 0 aliphatic carbocycles. The molecule has 0 bridgehead atoms. The molecule has 4 heterocycles. The summed E-state index contributed by atoms with van der Waals surface area (Å²) >= 11 is 0. The molecule has 0 aromatic heterocycles. The SMILES string of the molecule is CCC(=O)N(CCCCCCN(C(=O)CN(CCCCCCN(C)C1CC(C)(C)NC(C)(C)C1)C1CC(C)(C)NC(C)(C)C1)C1CC(C)(C)NC(C)(C)C1)C1CC(C)(C)NC(C)(C)C1. The Kier molecular flexibility index (Phi) is 18.6. The van der Waals surface area contributed by atoms with E-state index in [0.29, 0.717) is 31.0 Å². The molecule has 0 saturated carbocycles. The number of hydrogen-bond donors (Lipinski definition) is 4. The van der Waals surface area contributed by atoms with Gasteiger partial charge in [-0.15, -0.1) is 0 Å². The minimum atomic E-state index is -0.0465. The topological polar surface area (TPSA) is 95.2 Å². The molecule has 64 heavy (non-hydrogen) atoms. The van der Waals surface area contributed by atoms with Gasteiger partial charge in [0.05, 0.1) is 6.54 Å². The predicted molar refractivity (Wildman–Crippen MR) is 272 cm³/mol. The van der Waals surface area contributed by atoms with Gasteiger partial charge < -0.3 is 36.0 Å². The normalized spacial score (nSPS) is 25.4. The smallest absolute Gasteiger partial charge is 0.237 e. The molecule has 0 radical (unpaired) electrons. The Bertz CT molecular complexity index is 1440. The highest BCUT2D eigenvalue weighted by atomic mass is 16.2. The van der Waals surface area contributed by atoms with Crippen molar-refractivity contribution < 1.29 is 9.59 Å². The molecule has 4 aliphatic heterocycles. The summed E-state index contributed by atoms with van der Waals surface area (Å²) in [5.41, 5.74) is 0.258. The second-order valence-corrected chi connectivity index (χ2v) is 27.1. The van der Waals surface area contributed by atoms with Crippen molar-refractivity contribution in [2.45, 2.75) is 295 Å². The minimum absolute atomic E-state index is 0.00181. The number of amides is 2. The van der Waals surface area contributed by atoms with Crippen molar-refractivity contribution in [2.75, 3.05) is 39.8 Å². The van der Waals surface area contributed by atoms with Crippen molar-refractivity contribution >= 4 is 11.8 Å². The summed E-state index contributed by atoms with van der Waals surface area (Å²) in [6.45, 7) is 43.4. The lowest BCUT2D eigenvalue weighted by Gasteiger charge is -2.51. The number of nitrogens with one attached hydrogen (secondary N) is 4. The van der Waals surface area contributed by atoms with Crippen molar-refractivity contribution in [1.82, 2.24) is 40.9 Å². The van der Waals surface area contributed by atoms with E-state index in [1.165, 1.54) is 32.1 Å². The van der Waals surface area contributed by atoms with E-state index in [9.17, 15) is 4.79 Å². The monoisotopic (exact) mass is 899 g/mol. The van der Waals surface area contributed by atoms with Gasteiger partial charge in [0, 0.05) is 88.0 Å². The van der Waals surface area contributed by atoms with Crippen LogP contribution in [0.1, 0.15) is 227 Å². The quantitative estimate of drug-likeness (QED) is 0.0848. The Hall–Kier alpha value is -1.30. The van der Waals surface area contributed by atoms with E-state index in [4.69, 9.17) is 0 Å². The molecule has 2 amide bonds. The third-order valence-electron chi connectivity index (χ3n) is 15.2. The van der Waals surface area contributed by atoms with Crippen LogP contribution in [-0.2, 0) is 9.59 Å². The van der Waals surface area contributed by atoms with Gasteiger partial charge in [-0.1, -0.05) is 32.6 Å². The van der Waals surface area contributed by atoms with E-state index in [2.05, 4.69) is 159 Å². The van der Waals surface area contributed by atoms with E-state index in [0.717, 1.165) is 96.8 Å². The molecule has 10 nitrogen and oxygen atoms in total. The fraction of sp³-hybridized carbons (Fsp3) is 0.963. The average molecular weight is 899 g/mol. The minimum Gasteiger partial charge on any atom is -0.340 e. The molecule has 4 saturated heterocycles. The molecule has 0 unspecified atom stereocenters. The third kappa shape index (κ3) is 17.7. The van der Waals surface area contributed by atoms with Gasteiger partial charge in [-0.2, -0.15) is 0 Å². The zero-order valence-electron chi connectivity index (χ0n) is 45.5. The number of unbranched alkanes of at least 4 members (excludes halogenated alkanes) is 6. The number of hydrogen-bond acceptors (Lipinski definition) is 8. The first kappa shape index (κ1) is 55.3. The van der Waals surface area contributed by atoms with Crippen molar-refractivity contribution in [3.8, 4) is 0 Å². The summed E-state index contributed by atoms with van der Waals surface area (Å²) in [6, 6.07) is 1.45. The first-order chi connectivity index (χ1) is 29.2. The van der Waals surface area contributed by atoms with Crippen LogP contribution in [0.4, 0.5) is 0 Å². The van der Waals surface area contributed by atoms with Crippen LogP contribution in [0.15, 0.2) is 0 Å². The van der Waals surface area contributed by atoms with Crippen molar-refractivity contribution in [3.05, 3.63) is 0 Å². The van der Waals surface area contributed by atoms with Gasteiger partial charge in [-0.05, 0) is 208 Å². The molecule has 4 fully saturated rings. The summed E-state index contributed by atoms with van der Waals surface area (Å²) in [7, 11) is 2.34. The van der Waals surface area contributed by atoms with Crippen molar-refractivity contribution in [2.24, 2.45) is 0 Å². The number of carbonyl (C=O) groups is 2. The molecule has 4 N–H and O–H groups in total. The summed E-state index contributed by atoms with van der Waals surface area (Å²) in [6.07, 6.45) is 17.9. The summed E-state index contributed by atoms with van der Waals surface area (Å²) in [5.74, 6) is 0.600. The molecule has 0 spiro atoms. The fourth-order valence-corrected chi connectivity index (χ4v) is 14.1. The van der Waals surface area contributed by atoms with E-state index < -0.39 is 0 Å². The van der Waals surface area contributed by atoms with Gasteiger partial charge in [0.15, 0.2) is 0 Å². The fourth-order valence-electron chi connectivity index (χ4n) is 14.1. The second kappa shape index (κ2) is 21.6. The predicted octanol–water partition coefficient (Wildman–Crippen LogP) is 9.65. The van der Waals surface area contributed by atoms with E-state index >= 15 is 4.79 Å². The maximum absolute atomic E-state index is 15.1. The lowest BCUT2D eigenvalue weighted by atomic mass is 9.78. The van der Waals surface area contributed by atoms with Crippen LogP contribution in [0.2, 0.25) is 0 Å². The lowest BCUT2D eigenvalue weighted by molar-refractivity contribution is -0.138. The molecular weight excluding hydrogens is 793 g/mol. The van der Waals surface area contributed by atoms with Gasteiger partial charge >= 0.3 is 0 Å². The van der Waals surface area contributed by atoms with Gasteiger partial charge in [-0.3, -0.25) is 14.5 Å². The standard InChI is InChI=1S/C54H106N8O2/c1-19-45(63)61(43-36-51(10,11)57-52(12,13)37-43)30-26-22-23-27-31-62(44-38-53(14,15)58-54(16,17)39-44)46(64)40-60(42-34-49(6,7)56-50(8,9)35-42)29-25-21-20-24-28-59(18)41-32-47(2,3)55-48(4,5)33-41/h41-44,55-58H,19-40H2,1-18H3. The Balaban J connectivity index is 1.41. The number of rotatable bonds is 21. The Morgan fingerprint density at radius 2 is 0.672 bits per heavy atom. The molecule has 4 rings (SSSR count). The van der Waals surface area contributed by atoms with Crippen LogP contribution in [0, 0.1) is 0 Å². The molecular formula is C54H106N8O2. The van der Waals surface area contributed by atoms with Crippen LogP contribution >= 0.6 is 0 Å². The van der Waals surface area contributed by atoms with Gasteiger partial charge in [0.2, 0.25) is 11.8 Å². The maximum Gasteiger partial charge on any atom is 0.237 e. The first-order valence-electron chi connectivity index (χ1n) is 26.4. The van der Waals surface area contributed by atoms with Crippen molar-refractivity contribution in [1.29, 1.82) is 0 Å². The molecule has 374 valence electrons. The zero-order chi connectivity index (χ0) is 48.2. The van der Waals surface area contributed by atoms with Crippen LogP contribution in [-0.4, -0.2) is 140 Å². The highest BCUT2D eigenvalue weighted by molar-refractivity contribution is 5.79. The Morgan fingerprint density at radius 3 is 1.02 bits per heavy atom. The van der Waals surface area contributed by atoms with Crippen LogP contribution in [0.25, 0.3) is 0 Å². The first-order valence-corrected chi connectivity index (χ1v) is 26.4. The average Bonchev–Trinajstić information content (AvgIpc) is 3.07. The molecule has 0 atom stereocenters. The lowest BCUT2D eigenvalue weighted by Crippen LogP contribution is -2.64. The van der Waals surface area contributed by atoms with Gasteiger partial charge in [-0.25, -0.2) is 0 Å². The number of piperidine rings is 4. The summed E-state index contributed by atoms with van der Waals surface area (Å²) in [4.78, 5) is 38.2. The third-order valence-corrected chi connectivity index (χ3v) is 15.2. The molecule has 4 aliphatic rings. The largest absolute Gasteiger partial charge is 0.340 e. The summed E-state index contributed by atoms with van der Waals surface area (Å²) < 4.78 is 0. The maximum atomic E-state index is 15.1. The Morgan fingerprint density at radius 1 is 0.391 bits per heavy atom. The van der Waals surface area contributed by atoms with Gasteiger partial charge in [0.25, 0.3) is 0 Å². The van der Waals surface area contributed by atoms with E-state index in [-0.39, 0.29) is 62.3 Å². The van der Waals surface area contributed by atoms with E-state index in [1.54, 1.807) is 0 Å². The van der Waals surface area contributed by atoms with Crippen LogP contribution in [0.5, 0.6) is 0 Å². The molecule has 0 aromatic rings. The van der Waals surface area contributed by atoms with Gasteiger partial charge in [0.1, 0.15) is 0 Å². The van der Waals surface area contributed by atoms with Crippen LogP contribution in [0.3, 0.4) is 0 Å². The number of nitrogens with zero attached hydrogens (tertiary/aromatic N) is 4. The molecule has 10 heteroatoms. The Labute approximate surface area is 396 Å². The highest BCUT2D eigenvalue weighted by Crippen LogP contribution is 2.36. The highest BCUT2D eigenvalue weighted by Gasteiger charge is 2.45. The second-order valence-electron chi connectivity index (χ2n) is 27.1. The number of carbonyl (C=O) groups excluding carboxylic acids is 2. The van der Waals surface area contributed by atoms with Crippen LogP contribution < -0.4 is 21.3 Å². The van der Waals surface area contributed by atoms with Crippen molar-refractivity contribution in [3.63, 3.8) is 0 Å². The van der Waals surface area contributed by atoms with E-state index in [1.807, 2.05) is 6.92 Å².